The van der Waals surface area contributed by atoms with Crippen LogP contribution in [0.5, 0.6) is 0 Å². The summed E-state index contributed by atoms with van der Waals surface area (Å²) in [4.78, 5) is 14.3. The first kappa shape index (κ1) is 15.0. The summed E-state index contributed by atoms with van der Waals surface area (Å²) in [5, 5.41) is 8.67. The molecule has 4 heteroatoms. The van der Waals surface area contributed by atoms with E-state index in [1.165, 1.54) is 0 Å². The third-order valence-electron chi connectivity index (χ3n) is 3.93. The van der Waals surface area contributed by atoms with E-state index in [9.17, 15) is 4.79 Å². The molecule has 102 valence electrons. The van der Waals surface area contributed by atoms with Gasteiger partial charge in [-0.2, -0.15) is 5.26 Å². The predicted molar refractivity (Wildman–Crippen MR) is 69.8 cm³/mol. The largest absolute Gasteiger partial charge is 0.383 e. The summed E-state index contributed by atoms with van der Waals surface area (Å²) < 4.78 is 5.04. The SMILES string of the molecule is COCCN(CCC#N)C(=O)C1CCCC1(C)C. The van der Waals surface area contributed by atoms with Crippen molar-refractivity contribution in [3.63, 3.8) is 0 Å². The number of carbonyl (C=O) groups excluding carboxylic acids is 1. The van der Waals surface area contributed by atoms with Crippen LogP contribution in [0, 0.1) is 22.7 Å². The second-order valence-corrected chi connectivity index (χ2v) is 5.66. The van der Waals surface area contributed by atoms with Crippen LogP contribution in [0.4, 0.5) is 0 Å². The molecule has 1 fully saturated rings. The summed E-state index contributed by atoms with van der Waals surface area (Å²) in [6.07, 6.45) is 3.60. The van der Waals surface area contributed by atoms with E-state index in [0.717, 1.165) is 19.3 Å². The van der Waals surface area contributed by atoms with E-state index in [-0.39, 0.29) is 17.2 Å². The molecular formula is C14H24N2O2. The molecule has 1 aliphatic carbocycles. The number of carbonyl (C=O) groups is 1. The highest BCUT2D eigenvalue weighted by Gasteiger charge is 2.40. The lowest BCUT2D eigenvalue weighted by Gasteiger charge is -2.31. The van der Waals surface area contributed by atoms with Crippen LogP contribution in [-0.2, 0) is 9.53 Å². The number of nitriles is 1. The Bertz CT molecular complexity index is 320. The van der Waals surface area contributed by atoms with Gasteiger partial charge in [-0.05, 0) is 18.3 Å². The first-order chi connectivity index (χ1) is 8.53. The maximum atomic E-state index is 12.5. The second kappa shape index (κ2) is 6.75. The molecule has 0 aliphatic heterocycles. The number of hydrogen-bond acceptors (Lipinski definition) is 3. The van der Waals surface area contributed by atoms with E-state index < -0.39 is 0 Å². The fraction of sp³-hybridized carbons (Fsp3) is 0.857. The van der Waals surface area contributed by atoms with E-state index in [1.54, 1.807) is 12.0 Å². The smallest absolute Gasteiger partial charge is 0.226 e. The van der Waals surface area contributed by atoms with Crippen molar-refractivity contribution in [3.05, 3.63) is 0 Å². The summed E-state index contributed by atoms with van der Waals surface area (Å²) in [6.45, 7) is 5.97. The number of hydrogen-bond donors (Lipinski definition) is 0. The Morgan fingerprint density at radius 2 is 2.22 bits per heavy atom. The van der Waals surface area contributed by atoms with Gasteiger partial charge in [-0.3, -0.25) is 4.79 Å². The molecule has 0 saturated heterocycles. The third-order valence-corrected chi connectivity index (χ3v) is 3.93. The lowest BCUT2D eigenvalue weighted by atomic mass is 9.81. The second-order valence-electron chi connectivity index (χ2n) is 5.66. The van der Waals surface area contributed by atoms with Gasteiger partial charge in [0.05, 0.1) is 19.1 Å². The van der Waals surface area contributed by atoms with Gasteiger partial charge < -0.3 is 9.64 Å². The summed E-state index contributed by atoms with van der Waals surface area (Å²) in [7, 11) is 1.63. The van der Waals surface area contributed by atoms with Crippen molar-refractivity contribution in [3.8, 4) is 6.07 Å². The predicted octanol–water partition coefficient (Wildman–Crippen LogP) is 2.20. The van der Waals surface area contributed by atoms with E-state index in [4.69, 9.17) is 10.00 Å². The zero-order valence-electron chi connectivity index (χ0n) is 11.7. The number of methoxy groups -OCH3 is 1. The number of rotatable bonds is 6. The van der Waals surface area contributed by atoms with Crippen LogP contribution in [0.2, 0.25) is 0 Å². The van der Waals surface area contributed by atoms with Gasteiger partial charge in [0, 0.05) is 26.1 Å². The van der Waals surface area contributed by atoms with Gasteiger partial charge in [-0.1, -0.05) is 20.3 Å². The molecule has 0 aromatic carbocycles. The van der Waals surface area contributed by atoms with E-state index in [2.05, 4.69) is 19.9 Å². The van der Waals surface area contributed by atoms with Crippen LogP contribution in [0.15, 0.2) is 0 Å². The minimum atomic E-state index is 0.0923. The van der Waals surface area contributed by atoms with Crippen molar-refractivity contribution in [2.75, 3.05) is 26.8 Å². The van der Waals surface area contributed by atoms with Crippen molar-refractivity contribution >= 4 is 5.91 Å². The van der Waals surface area contributed by atoms with Crippen molar-refractivity contribution < 1.29 is 9.53 Å². The van der Waals surface area contributed by atoms with Crippen LogP contribution < -0.4 is 0 Å². The van der Waals surface area contributed by atoms with Crippen molar-refractivity contribution in [2.24, 2.45) is 11.3 Å². The van der Waals surface area contributed by atoms with E-state index in [0.29, 0.717) is 26.1 Å². The molecule has 4 nitrogen and oxygen atoms in total. The first-order valence-electron chi connectivity index (χ1n) is 6.67. The molecule has 1 aliphatic rings. The number of nitrogens with zero attached hydrogens (tertiary/aromatic N) is 2. The number of amides is 1. The molecule has 0 aromatic rings. The molecule has 0 heterocycles. The molecule has 0 bridgehead atoms. The molecule has 0 N–H and O–H groups in total. The highest BCUT2D eigenvalue weighted by atomic mass is 16.5. The van der Waals surface area contributed by atoms with Gasteiger partial charge in [0.1, 0.15) is 0 Å². The molecule has 0 spiro atoms. The summed E-state index contributed by atoms with van der Waals surface area (Å²) >= 11 is 0. The molecule has 1 rings (SSSR count). The average Bonchev–Trinajstić information content (AvgIpc) is 2.68. The fourth-order valence-corrected chi connectivity index (χ4v) is 2.72. The maximum Gasteiger partial charge on any atom is 0.226 e. The normalized spacial score (nSPS) is 21.6. The van der Waals surface area contributed by atoms with Gasteiger partial charge in [-0.25, -0.2) is 0 Å². The van der Waals surface area contributed by atoms with Gasteiger partial charge >= 0.3 is 0 Å². The molecule has 1 saturated carbocycles. The zero-order valence-corrected chi connectivity index (χ0v) is 11.7. The van der Waals surface area contributed by atoms with Gasteiger partial charge in [0.2, 0.25) is 5.91 Å². The van der Waals surface area contributed by atoms with Crippen molar-refractivity contribution in [1.82, 2.24) is 4.90 Å². The Labute approximate surface area is 110 Å². The summed E-state index contributed by atoms with van der Waals surface area (Å²) in [5.41, 5.74) is 0.0923. The Balaban J connectivity index is 2.66. The summed E-state index contributed by atoms with van der Waals surface area (Å²) in [6, 6.07) is 2.11. The summed E-state index contributed by atoms with van der Waals surface area (Å²) in [5.74, 6) is 0.304. The van der Waals surface area contributed by atoms with Crippen LogP contribution in [0.3, 0.4) is 0 Å². The third kappa shape index (κ3) is 3.71. The lowest BCUT2D eigenvalue weighted by molar-refractivity contribution is -0.139. The molecule has 1 amide bonds. The van der Waals surface area contributed by atoms with Gasteiger partial charge in [0.15, 0.2) is 0 Å². The van der Waals surface area contributed by atoms with Crippen molar-refractivity contribution in [2.45, 2.75) is 39.5 Å². The standard InChI is InChI=1S/C14H24N2O2/c1-14(2)7-4-6-12(14)13(17)16(9-5-8-15)10-11-18-3/h12H,4-7,9-11H2,1-3H3. The fourth-order valence-electron chi connectivity index (χ4n) is 2.72. The molecule has 1 atom stereocenters. The van der Waals surface area contributed by atoms with E-state index in [1.807, 2.05) is 0 Å². The van der Waals surface area contributed by atoms with Crippen molar-refractivity contribution in [1.29, 1.82) is 5.26 Å². The van der Waals surface area contributed by atoms with Gasteiger partial charge in [-0.15, -0.1) is 0 Å². The Hall–Kier alpha value is -1.08. The van der Waals surface area contributed by atoms with Gasteiger partial charge in [0.25, 0.3) is 0 Å². The zero-order chi connectivity index (χ0) is 13.6. The van der Waals surface area contributed by atoms with Crippen LogP contribution in [0.25, 0.3) is 0 Å². The monoisotopic (exact) mass is 252 g/mol. The topological polar surface area (TPSA) is 53.3 Å². The number of ether oxygens (including phenoxy) is 1. The molecule has 1 unspecified atom stereocenters. The Morgan fingerprint density at radius 3 is 2.72 bits per heavy atom. The maximum absolute atomic E-state index is 12.5. The highest BCUT2D eigenvalue weighted by Crippen LogP contribution is 2.43. The molecule has 18 heavy (non-hydrogen) atoms. The molecule has 0 aromatic heterocycles. The average molecular weight is 252 g/mol. The first-order valence-corrected chi connectivity index (χ1v) is 6.67. The van der Waals surface area contributed by atoms with Crippen LogP contribution in [-0.4, -0.2) is 37.6 Å². The minimum absolute atomic E-state index is 0.0923. The lowest BCUT2D eigenvalue weighted by Crippen LogP contribution is -2.42. The Morgan fingerprint density at radius 1 is 1.50 bits per heavy atom. The quantitative estimate of drug-likeness (QED) is 0.728. The molecular weight excluding hydrogens is 228 g/mol. The highest BCUT2D eigenvalue weighted by molar-refractivity contribution is 5.80. The van der Waals surface area contributed by atoms with E-state index >= 15 is 0 Å². The molecule has 0 radical (unpaired) electrons. The van der Waals surface area contributed by atoms with Crippen LogP contribution in [0.1, 0.15) is 39.5 Å². The Kier molecular flexibility index (Phi) is 5.61. The van der Waals surface area contributed by atoms with Crippen LogP contribution >= 0.6 is 0 Å². The minimum Gasteiger partial charge on any atom is -0.383 e.